The normalized spacial score (nSPS) is 11.2. The summed E-state index contributed by atoms with van der Waals surface area (Å²) in [6.45, 7) is 0. The topological polar surface area (TPSA) is 48.0 Å². The van der Waals surface area contributed by atoms with Crippen LogP contribution in [0.4, 0.5) is 0 Å². The van der Waals surface area contributed by atoms with Crippen LogP contribution in [0.15, 0.2) is 55.2 Å². The second-order valence-electron chi connectivity index (χ2n) is 5.05. The van der Waals surface area contributed by atoms with Gasteiger partial charge in [-0.15, -0.1) is 0 Å². The zero-order chi connectivity index (χ0) is 15.1. The van der Waals surface area contributed by atoms with E-state index in [9.17, 15) is 0 Å². The molecular formula is C16H12ClN5. The van der Waals surface area contributed by atoms with E-state index in [1.165, 1.54) is 0 Å². The number of halogens is 1. The van der Waals surface area contributed by atoms with Gasteiger partial charge in [0, 0.05) is 47.9 Å². The molecule has 5 nitrogen and oxygen atoms in total. The highest BCUT2D eigenvalue weighted by atomic mass is 35.5. The first-order chi connectivity index (χ1) is 10.7. The number of rotatable bonds is 2. The molecule has 0 unspecified atom stereocenters. The number of pyridine rings is 2. The number of fused-ring (bicyclic) bond motifs is 1. The van der Waals surface area contributed by atoms with E-state index in [-0.39, 0.29) is 0 Å². The Morgan fingerprint density at radius 3 is 2.77 bits per heavy atom. The van der Waals surface area contributed by atoms with Crippen LogP contribution < -0.4 is 0 Å². The van der Waals surface area contributed by atoms with Gasteiger partial charge in [0.1, 0.15) is 5.65 Å². The molecule has 0 radical (unpaired) electrons. The molecule has 4 heterocycles. The molecule has 0 fully saturated rings. The maximum Gasteiger partial charge on any atom is 0.138 e. The lowest BCUT2D eigenvalue weighted by atomic mass is 10.1. The lowest BCUT2D eigenvalue weighted by Crippen LogP contribution is -1.89. The van der Waals surface area contributed by atoms with Crippen molar-refractivity contribution in [3.05, 3.63) is 60.3 Å². The number of hydrogen-bond acceptors (Lipinski definition) is 3. The largest absolute Gasteiger partial charge is 0.300 e. The van der Waals surface area contributed by atoms with Crippen molar-refractivity contribution in [3.8, 4) is 22.5 Å². The van der Waals surface area contributed by atoms with Crippen LogP contribution >= 0.6 is 11.6 Å². The standard InChI is InChI=1S/C16H12ClN5/c1-21-10-12(8-20-21)14-6-11(2-4-18-14)15-9-19-16-7-13(17)3-5-22(15)16/h2-10H,1H3. The maximum atomic E-state index is 6.01. The fourth-order valence-corrected chi connectivity index (χ4v) is 2.62. The van der Waals surface area contributed by atoms with Crippen molar-refractivity contribution in [1.29, 1.82) is 0 Å². The van der Waals surface area contributed by atoms with Crippen molar-refractivity contribution in [3.63, 3.8) is 0 Å². The van der Waals surface area contributed by atoms with E-state index in [1.54, 1.807) is 17.1 Å². The number of imidazole rings is 1. The fraction of sp³-hybridized carbons (Fsp3) is 0.0625. The molecule has 0 aliphatic heterocycles. The summed E-state index contributed by atoms with van der Waals surface area (Å²) in [6.07, 6.45) is 9.31. The van der Waals surface area contributed by atoms with Crippen LogP contribution in [0.25, 0.3) is 28.2 Å². The van der Waals surface area contributed by atoms with Crippen molar-refractivity contribution in [2.75, 3.05) is 0 Å². The van der Waals surface area contributed by atoms with Gasteiger partial charge in [0.2, 0.25) is 0 Å². The van der Waals surface area contributed by atoms with E-state index in [0.717, 1.165) is 28.2 Å². The summed E-state index contributed by atoms with van der Waals surface area (Å²) in [5.74, 6) is 0. The Bertz CT molecular complexity index is 970. The highest BCUT2D eigenvalue weighted by Gasteiger charge is 2.09. The van der Waals surface area contributed by atoms with Gasteiger partial charge in [-0.1, -0.05) is 11.6 Å². The third-order valence-corrected chi connectivity index (χ3v) is 3.77. The van der Waals surface area contributed by atoms with Crippen LogP contribution in [0.2, 0.25) is 5.02 Å². The lowest BCUT2D eigenvalue weighted by Gasteiger charge is -2.04. The predicted molar refractivity (Wildman–Crippen MR) is 85.6 cm³/mol. The molecule has 4 rings (SSSR count). The van der Waals surface area contributed by atoms with E-state index in [0.29, 0.717) is 5.02 Å². The minimum atomic E-state index is 0.676. The molecule has 0 bridgehead atoms. The molecule has 0 amide bonds. The van der Waals surface area contributed by atoms with Crippen LogP contribution in [0.3, 0.4) is 0 Å². The quantitative estimate of drug-likeness (QED) is 0.570. The Hall–Kier alpha value is -2.66. The molecule has 6 heteroatoms. The molecule has 0 aliphatic rings. The van der Waals surface area contributed by atoms with Crippen molar-refractivity contribution in [1.82, 2.24) is 24.1 Å². The molecule has 4 aromatic rings. The van der Waals surface area contributed by atoms with Crippen LogP contribution in [0, 0.1) is 0 Å². The molecule has 0 aromatic carbocycles. The van der Waals surface area contributed by atoms with Crippen LogP contribution in [-0.2, 0) is 7.05 Å². The van der Waals surface area contributed by atoms with Gasteiger partial charge in [-0.3, -0.25) is 14.1 Å². The van der Waals surface area contributed by atoms with Crippen LogP contribution in [0.5, 0.6) is 0 Å². The highest BCUT2D eigenvalue weighted by Crippen LogP contribution is 2.25. The Balaban J connectivity index is 1.85. The Labute approximate surface area is 131 Å². The third kappa shape index (κ3) is 2.16. The summed E-state index contributed by atoms with van der Waals surface area (Å²) in [6, 6.07) is 7.70. The number of nitrogens with zero attached hydrogens (tertiary/aromatic N) is 5. The third-order valence-electron chi connectivity index (χ3n) is 3.53. The first-order valence-electron chi connectivity index (χ1n) is 6.79. The van der Waals surface area contributed by atoms with Gasteiger partial charge < -0.3 is 0 Å². The molecule has 0 saturated carbocycles. The van der Waals surface area contributed by atoms with Crippen molar-refractivity contribution < 1.29 is 0 Å². The molecule has 0 spiro atoms. The van der Waals surface area contributed by atoms with Gasteiger partial charge >= 0.3 is 0 Å². The second-order valence-corrected chi connectivity index (χ2v) is 5.49. The van der Waals surface area contributed by atoms with Gasteiger partial charge in [-0.2, -0.15) is 5.10 Å². The summed E-state index contributed by atoms with van der Waals surface area (Å²) in [5.41, 5.74) is 4.74. The molecular weight excluding hydrogens is 298 g/mol. The zero-order valence-electron chi connectivity index (χ0n) is 11.8. The van der Waals surface area contributed by atoms with E-state index >= 15 is 0 Å². The minimum Gasteiger partial charge on any atom is -0.300 e. The average molecular weight is 310 g/mol. The SMILES string of the molecule is Cn1cc(-c2cc(-c3cnc4cc(Cl)ccn34)ccn2)cn1. The molecule has 4 aromatic heterocycles. The van der Waals surface area contributed by atoms with Crippen LogP contribution in [-0.4, -0.2) is 24.1 Å². The Kier molecular flexibility index (Phi) is 2.94. The molecule has 0 N–H and O–H groups in total. The van der Waals surface area contributed by atoms with E-state index < -0.39 is 0 Å². The van der Waals surface area contributed by atoms with Gasteiger partial charge in [-0.05, 0) is 18.2 Å². The second kappa shape index (κ2) is 4.96. The molecule has 108 valence electrons. The fourth-order valence-electron chi connectivity index (χ4n) is 2.47. The zero-order valence-corrected chi connectivity index (χ0v) is 12.6. The maximum absolute atomic E-state index is 6.01. The van der Waals surface area contributed by atoms with Gasteiger partial charge in [0.15, 0.2) is 0 Å². The first kappa shape index (κ1) is 13.0. The number of hydrogen-bond donors (Lipinski definition) is 0. The van der Waals surface area contributed by atoms with Gasteiger partial charge in [0.25, 0.3) is 0 Å². The summed E-state index contributed by atoms with van der Waals surface area (Å²) in [7, 11) is 1.89. The summed E-state index contributed by atoms with van der Waals surface area (Å²) in [5, 5.41) is 4.87. The number of aromatic nitrogens is 5. The van der Waals surface area contributed by atoms with E-state index in [2.05, 4.69) is 15.1 Å². The molecule has 0 saturated heterocycles. The van der Waals surface area contributed by atoms with Gasteiger partial charge in [0.05, 0.1) is 23.8 Å². The van der Waals surface area contributed by atoms with Crippen molar-refractivity contribution in [2.24, 2.45) is 7.05 Å². The first-order valence-corrected chi connectivity index (χ1v) is 7.16. The smallest absolute Gasteiger partial charge is 0.138 e. The minimum absolute atomic E-state index is 0.676. The summed E-state index contributed by atoms with van der Waals surface area (Å²) >= 11 is 6.01. The summed E-state index contributed by atoms with van der Waals surface area (Å²) < 4.78 is 3.77. The molecule has 0 aliphatic carbocycles. The van der Waals surface area contributed by atoms with Crippen molar-refractivity contribution in [2.45, 2.75) is 0 Å². The van der Waals surface area contributed by atoms with Gasteiger partial charge in [-0.25, -0.2) is 4.98 Å². The van der Waals surface area contributed by atoms with E-state index in [1.807, 2.05) is 54.3 Å². The summed E-state index contributed by atoms with van der Waals surface area (Å²) in [4.78, 5) is 8.83. The lowest BCUT2D eigenvalue weighted by molar-refractivity contribution is 0.768. The average Bonchev–Trinajstić information content (AvgIpc) is 3.13. The van der Waals surface area contributed by atoms with Crippen molar-refractivity contribution >= 4 is 17.2 Å². The number of aryl methyl sites for hydroxylation is 1. The highest BCUT2D eigenvalue weighted by molar-refractivity contribution is 6.30. The predicted octanol–water partition coefficient (Wildman–Crippen LogP) is 3.45. The molecule has 22 heavy (non-hydrogen) atoms. The Morgan fingerprint density at radius 2 is 1.95 bits per heavy atom. The Morgan fingerprint density at radius 1 is 1.05 bits per heavy atom. The van der Waals surface area contributed by atoms with Crippen LogP contribution in [0.1, 0.15) is 0 Å². The van der Waals surface area contributed by atoms with E-state index in [4.69, 9.17) is 11.6 Å². The molecule has 0 atom stereocenters. The monoisotopic (exact) mass is 309 g/mol.